The summed E-state index contributed by atoms with van der Waals surface area (Å²) in [5, 5.41) is 7.06. The zero-order valence-corrected chi connectivity index (χ0v) is 18.2. The van der Waals surface area contributed by atoms with E-state index >= 15 is 0 Å². The lowest BCUT2D eigenvalue weighted by atomic mass is 9.93. The second-order valence-corrected chi connectivity index (χ2v) is 8.89. The van der Waals surface area contributed by atoms with Gasteiger partial charge in [-0.2, -0.15) is 0 Å². The third-order valence-corrected chi connectivity index (χ3v) is 6.93. The minimum Gasteiger partial charge on any atom is -0.327 e. The van der Waals surface area contributed by atoms with E-state index in [1.165, 1.54) is 0 Å². The summed E-state index contributed by atoms with van der Waals surface area (Å²) in [7, 11) is 0. The SMILES string of the molecule is O=C1NC(c2ccccc2)=C(c2nc3ccccc3s2)C(c2ccccc2I)N1. The van der Waals surface area contributed by atoms with Crippen LogP contribution in [0.1, 0.15) is 22.2 Å². The Kier molecular flexibility index (Phi) is 4.81. The number of hydrogen-bond donors (Lipinski definition) is 2. The maximum atomic E-state index is 12.6. The lowest BCUT2D eigenvalue weighted by molar-refractivity contribution is 0.242. The Bertz CT molecular complexity index is 1220. The van der Waals surface area contributed by atoms with Crippen molar-refractivity contribution in [2.45, 2.75) is 6.04 Å². The molecular weight excluding hydrogens is 493 g/mol. The van der Waals surface area contributed by atoms with Crippen molar-refractivity contribution in [1.29, 1.82) is 0 Å². The lowest BCUT2D eigenvalue weighted by Crippen LogP contribution is -2.43. The molecule has 1 unspecified atom stereocenters. The van der Waals surface area contributed by atoms with Crippen LogP contribution in [0.15, 0.2) is 78.9 Å². The first-order chi connectivity index (χ1) is 14.2. The molecule has 6 heteroatoms. The molecule has 0 saturated carbocycles. The van der Waals surface area contributed by atoms with Gasteiger partial charge in [-0.1, -0.05) is 60.7 Å². The molecule has 0 saturated heterocycles. The predicted molar refractivity (Wildman–Crippen MR) is 126 cm³/mol. The van der Waals surface area contributed by atoms with Crippen molar-refractivity contribution in [1.82, 2.24) is 15.6 Å². The first-order valence-electron chi connectivity index (χ1n) is 9.18. The maximum absolute atomic E-state index is 12.6. The third-order valence-electron chi connectivity index (χ3n) is 4.87. The van der Waals surface area contributed by atoms with Gasteiger partial charge in [-0.05, 0) is 51.9 Å². The number of hydrogen-bond acceptors (Lipinski definition) is 3. The van der Waals surface area contributed by atoms with Crippen LogP contribution in [0.4, 0.5) is 4.79 Å². The van der Waals surface area contributed by atoms with E-state index in [-0.39, 0.29) is 12.1 Å². The number of fused-ring (bicyclic) bond motifs is 1. The van der Waals surface area contributed by atoms with Gasteiger partial charge in [0.25, 0.3) is 0 Å². The van der Waals surface area contributed by atoms with E-state index in [1.807, 2.05) is 60.7 Å². The van der Waals surface area contributed by atoms with E-state index < -0.39 is 0 Å². The second kappa shape index (κ2) is 7.61. The Morgan fingerprint density at radius 1 is 0.897 bits per heavy atom. The molecule has 3 aromatic carbocycles. The predicted octanol–water partition coefficient (Wildman–Crippen LogP) is 5.82. The Labute approximate surface area is 185 Å². The summed E-state index contributed by atoms with van der Waals surface area (Å²) in [5.41, 5.74) is 4.78. The number of halogens is 1. The standard InChI is InChI=1S/C23H16IN3OS/c24-16-11-5-4-10-15(16)21-19(22-25-17-12-6-7-13-18(17)29-22)20(26-23(28)27-21)14-8-2-1-3-9-14/h1-13,21H,(H2,26,27,28). The Morgan fingerprint density at radius 3 is 2.41 bits per heavy atom. The van der Waals surface area contributed by atoms with Gasteiger partial charge in [0, 0.05) is 9.14 Å². The fourth-order valence-electron chi connectivity index (χ4n) is 3.56. The minimum atomic E-state index is -0.285. The lowest BCUT2D eigenvalue weighted by Gasteiger charge is -2.30. The molecule has 142 valence electrons. The van der Waals surface area contributed by atoms with Crippen LogP contribution in [0.5, 0.6) is 0 Å². The Balaban J connectivity index is 1.79. The van der Waals surface area contributed by atoms with E-state index in [0.29, 0.717) is 0 Å². The molecular formula is C23H16IN3OS. The number of para-hydroxylation sites is 1. The van der Waals surface area contributed by atoms with Crippen LogP contribution in [0.2, 0.25) is 0 Å². The molecule has 29 heavy (non-hydrogen) atoms. The average molecular weight is 509 g/mol. The molecule has 0 fully saturated rings. The van der Waals surface area contributed by atoms with Gasteiger partial charge in [0.2, 0.25) is 0 Å². The first-order valence-corrected chi connectivity index (χ1v) is 11.1. The van der Waals surface area contributed by atoms with Gasteiger partial charge in [0.05, 0.1) is 22.0 Å². The molecule has 1 aliphatic heterocycles. The zero-order valence-electron chi connectivity index (χ0n) is 15.2. The van der Waals surface area contributed by atoms with Gasteiger partial charge in [-0.3, -0.25) is 0 Å². The molecule has 0 aliphatic carbocycles. The molecule has 1 aliphatic rings. The molecule has 0 radical (unpaired) electrons. The fourth-order valence-corrected chi connectivity index (χ4v) is 5.30. The van der Waals surface area contributed by atoms with Crippen LogP contribution in [0.25, 0.3) is 21.5 Å². The highest BCUT2D eigenvalue weighted by molar-refractivity contribution is 14.1. The van der Waals surface area contributed by atoms with Crippen molar-refractivity contribution in [2.75, 3.05) is 0 Å². The van der Waals surface area contributed by atoms with Crippen molar-refractivity contribution in [3.05, 3.63) is 98.6 Å². The number of nitrogens with one attached hydrogen (secondary N) is 2. The fraction of sp³-hybridized carbons (Fsp3) is 0.0435. The molecule has 4 aromatic rings. The third kappa shape index (κ3) is 3.42. The smallest absolute Gasteiger partial charge is 0.320 e. The molecule has 2 heterocycles. The summed E-state index contributed by atoms with van der Waals surface area (Å²) in [5.74, 6) is 0. The van der Waals surface area contributed by atoms with Gasteiger partial charge in [0.1, 0.15) is 5.01 Å². The molecule has 2 N–H and O–H groups in total. The molecule has 0 spiro atoms. The van der Waals surface area contributed by atoms with E-state index in [0.717, 1.165) is 41.2 Å². The number of rotatable bonds is 3. The second-order valence-electron chi connectivity index (χ2n) is 6.69. The van der Waals surface area contributed by atoms with E-state index in [4.69, 9.17) is 4.98 Å². The monoisotopic (exact) mass is 509 g/mol. The van der Waals surface area contributed by atoms with Crippen LogP contribution in [-0.2, 0) is 0 Å². The highest BCUT2D eigenvalue weighted by Gasteiger charge is 2.32. The van der Waals surface area contributed by atoms with Crippen LogP contribution >= 0.6 is 33.9 Å². The number of amides is 2. The first kappa shape index (κ1) is 18.3. The summed E-state index contributed by atoms with van der Waals surface area (Å²) >= 11 is 3.97. The summed E-state index contributed by atoms with van der Waals surface area (Å²) in [6.45, 7) is 0. The van der Waals surface area contributed by atoms with Crippen molar-refractivity contribution in [3.63, 3.8) is 0 Å². The van der Waals surface area contributed by atoms with E-state index in [1.54, 1.807) is 11.3 Å². The highest BCUT2D eigenvalue weighted by atomic mass is 127. The summed E-state index contributed by atoms with van der Waals surface area (Å²) in [6, 6.07) is 25.7. The van der Waals surface area contributed by atoms with Gasteiger partial charge >= 0.3 is 6.03 Å². The van der Waals surface area contributed by atoms with E-state index in [9.17, 15) is 4.79 Å². The number of benzene rings is 3. The van der Waals surface area contributed by atoms with Gasteiger partial charge in [0.15, 0.2) is 0 Å². The number of nitrogens with zero attached hydrogens (tertiary/aromatic N) is 1. The van der Waals surface area contributed by atoms with Crippen molar-refractivity contribution in [2.24, 2.45) is 0 Å². The zero-order chi connectivity index (χ0) is 19.8. The van der Waals surface area contributed by atoms with Crippen LogP contribution in [0, 0.1) is 3.57 Å². The molecule has 4 nitrogen and oxygen atoms in total. The topological polar surface area (TPSA) is 54.0 Å². The van der Waals surface area contributed by atoms with Crippen molar-refractivity contribution >= 4 is 61.4 Å². The summed E-state index contributed by atoms with van der Waals surface area (Å²) in [6.07, 6.45) is 0. The Hall–Kier alpha value is -2.71. The van der Waals surface area contributed by atoms with Crippen LogP contribution < -0.4 is 10.6 Å². The molecule has 0 bridgehead atoms. The summed E-state index contributed by atoms with van der Waals surface area (Å²) in [4.78, 5) is 17.5. The quantitative estimate of drug-likeness (QED) is 0.342. The average Bonchev–Trinajstić information content (AvgIpc) is 3.18. The Morgan fingerprint density at radius 2 is 1.62 bits per heavy atom. The van der Waals surface area contributed by atoms with Crippen molar-refractivity contribution in [3.8, 4) is 0 Å². The number of aromatic nitrogens is 1. The normalized spacial score (nSPS) is 16.6. The molecule has 1 atom stereocenters. The van der Waals surface area contributed by atoms with Gasteiger partial charge in [-0.25, -0.2) is 9.78 Å². The van der Waals surface area contributed by atoms with Crippen molar-refractivity contribution < 1.29 is 4.79 Å². The number of thiazole rings is 1. The van der Waals surface area contributed by atoms with Crippen LogP contribution in [0.3, 0.4) is 0 Å². The van der Waals surface area contributed by atoms with Gasteiger partial charge in [-0.15, -0.1) is 11.3 Å². The number of urea groups is 1. The van der Waals surface area contributed by atoms with Gasteiger partial charge < -0.3 is 10.6 Å². The molecule has 5 rings (SSSR count). The largest absolute Gasteiger partial charge is 0.327 e. The molecule has 1 aromatic heterocycles. The number of carbonyl (C=O) groups is 1. The summed E-state index contributed by atoms with van der Waals surface area (Å²) < 4.78 is 2.23. The van der Waals surface area contributed by atoms with Crippen LogP contribution in [-0.4, -0.2) is 11.0 Å². The van der Waals surface area contributed by atoms with E-state index in [2.05, 4.69) is 51.4 Å². The number of carbonyl (C=O) groups excluding carboxylic acids is 1. The molecule has 2 amide bonds. The highest BCUT2D eigenvalue weighted by Crippen LogP contribution is 2.41. The maximum Gasteiger partial charge on any atom is 0.320 e. The minimum absolute atomic E-state index is 0.210.